The lowest BCUT2D eigenvalue weighted by atomic mass is 9.95. The molecule has 0 saturated carbocycles. The van der Waals surface area contributed by atoms with Crippen LogP contribution in [0.2, 0.25) is 0 Å². The molecule has 0 aliphatic carbocycles. The Bertz CT molecular complexity index is 847. The van der Waals surface area contributed by atoms with Crippen LogP contribution in [-0.4, -0.2) is 45.8 Å². The molecule has 1 fully saturated rings. The molecule has 1 aliphatic rings. The molecule has 1 saturated heterocycles. The number of methoxy groups -OCH3 is 1. The van der Waals surface area contributed by atoms with Gasteiger partial charge in [-0.2, -0.15) is 5.10 Å². The van der Waals surface area contributed by atoms with Crippen LogP contribution in [-0.2, 0) is 0 Å². The summed E-state index contributed by atoms with van der Waals surface area (Å²) in [4.78, 5) is 14.7. The minimum absolute atomic E-state index is 0.0597. The maximum absolute atomic E-state index is 12.8. The van der Waals surface area contributed by atoms with E-state index in [9.17, 15) is 4.79 Å². The van der Waals surface area contributed by atoms with E-state index >= 15 is 0 Å². The Hall–Kier alpha value is -2.15. The molecule has 1 amide bonds. The average molecular weight is 375 g/mol. The number of H-pyrrole nitrogens is 1. The lowest BCUT2D eigenvalue weighted by Crippen LogP contribution is -2.38. The number of hydrogen-bond acceptors (Lipinski definition) is 4. The van der Waals surface area contributed by atoms with Crippen molar-refractivity contribution in [3.8, 4) is 5.75 Å². The molecule has 0 unspecified atom stereocenters. The fraction of sp³-hybridized carbons (Fsp3) is 0.526. The minimum atomic E-state index is 0.0597. The molecule has 1 N–H and O–H groups in total. The number of aromatic nitrogens is 3. The van der Waals surface area contributed by atoms with E-state index in [0.29, 0.717) is 16.3 Å². The topological polar surface area (TPSA) is 63.1 Å². The number of aromatic amines is 1. The normalized spacial score (nSPS) is 15.5. The highest BCUT2D eigenvalue weighted by Gasteiger charge is 2.28. The van der Waals surface area contributed by atoms with Crippen LogP contribution in [0.3, 0.4) is 0 Å². The first-order valence-electron chi connectivity index (χ1n) is 9.03. The molecule has 6 nitrogen and oxygen atoms in total. The Morgan fingerprint density at radius 3 is 2.65 bits per heavy atom. The maximum atomic E-state index is 12.8. The highest BCUT2D eigenvalue weighted by Crippen LogP contribution is 2.29. The van der Waals surface area contributed by atoms with Gasteiger partial charge in [-0.05, 0) is 63.5 Å². The number of hydrogen-bond donors (Lipinski definition) is 1. The van der Waals surface area contributed by atoms with Crippen molar-refractivity contribution in [3.63, 3.8) is 0 Å². The zero-order valence-corrected chi connectivity index (χ0v) is 16.6. The summed E-state index contributed by atoms with van der Waals surface area (Å²) in [6.45, 7) is 7.63. The number of aryl methyl sites for hydroxylation is 1. The molecule has 1 aromatic heterocycles. The van der Waals surface area contributed by atoms with Crippen molar-refractivity contribution in [3.05, 3.63) is 39.9 Å². The van der Waals surface area contributed by atoms with Crippen LogP contribution in [0.15, 0.2) is 18.2 Å². The van der Waals surface area contributed by atoms with Gasteiger partial charge in [0.2, 0.25) is 0 Å². The van der Waals surface area contributed by atoms with Crippen LogP contribution in [0.5, 0.6) is 5.75 Å². The van der Waals surface area contributed by atoms with Crippen LogP contribution in [0.4, 0.5) is 0 Å². The van der Waals surface area contributed by atoms with Crippen LogP contribution in [0.1, 0.15) is 60.4 Å². The van der Waals surface area contributed by atoms with Crippen molar-refractivity contribution in [1.29, 1.82) is 0 Å². The van der Waals surface area contributed by atoms with Gasteiger partial charge in [-0.15, -0.1) is 0 Å². The number of carbonyl (C=O) groups is 1. The summed E-state index contributed by atoms with van der Waals surface area (Å²) in [7, 11) is 1.63. The van der Waals surface area contributed by atoms with Gasteiger partial charge in [0.05, 0.1) is 7.11 Å². The molecule has 26 heavy (non-hydrogen) atoms. The van der Waals surface area contributed by atoms with E-state index < -0.39 is 0 Å². The number of nitrogens with one attached hydrogen (secondary N) is 1. The predicted octanol–water partition coefficient (Wildman–Crippen LogP) is 3.86. The predicted molar refractivity (Wildman–Crippen MR) is 103 cm³/mol. The lowest BCUT2D eigenvalue weighted by Gasteiger charge is -2.32. The van der Waals surface area contributed by atoms with Gasteiger partial charge < -0.3 is 14.2 Å². The van der Waals surface area contributed by atoms with Crippen LogP contribution in [0, 0.1) is 11.7 Å². The SMILES string of the molecule is COc1cc(C(=O)N2CCC(c3n[nH]c(=S)n3C(C)C)CC2)ccc1C. The summed E-state index contributed by atoms with van der Waals surface area (Å²) in [5.41, 5.74) is 1.70. The van der Waals surface area contributed by atoms with Gasteiger partial charge >= 0.3 is 0 Å². The van der Waals surface area contributed by atoms with Crippen LogP contribution in [0.25, 0.3) is 0 Å². The second kappa shape index (κ2) is 7.61. The molecular weight excluding hydrogens is 348 g/mol. The Morgan fingerprint density at radius 2 is 2.04 bits per heavy atom. The monoisotopic (exact) mass is 374 g/mol. The molecule has 7 heteroatoms. The summed E-state index contributed by atoms with van der Waals surface area (Å²) < 4.78 is 8.09. The number of likely N-dealkylation sites (tertiary alicyclic amines) is 1. The zero-order chi connectivity index (χ0) is 18.8. The van der Waals surface area contributed by atoms with Crippen LogP contribution < -0.4 is 4.74 Å². The number of nitrogens with zero attached hydrogens (tertiary/aromatic N) is 3. The van der Waals surface area contributed by atoms with Gasteiger partial charge in [-0.3, -0.25) is 9.89 Å². The first-order chi connectivity index (χ1) is 12.4. The zero-order valence-electron chi connectivity index (χ0n) is 15.8. The molecule has 1 aromatic carbocycles. The number of benzene rings is 1. The van der Waals surface area contributed by atoms with Gasteiger partial charge in [0.1, 0.15) is 11.6 Å². The van der Waals surface area contributed by atoms with E-state index in [1.165, 1.54) is 0 Å². The lowest BCUT2D eigenvalue weighted by molar-refractivity contribution is 0.0709. The molecule has 2 aromatic rings. The van der Waals surface area contributed by atoms with Gasteiger partial charge in [0.25, 0.3) is 5.91 Å². The molecule has 3 rings (SSSR count). The summed E-state index contributed by atoms with van der Waals surface area (Å²) >= 11 is 5.35. The minimum Gasteiger partial charge on any atom is -0.496 e. The first kappa shape index (κ1) is 18.6. The molecule has 0 radical (unpaired) electrons. The van der Waals surface area contributed by atoms with E-state index in [-0.39, 0.29) is 11.9 Å². The van der Waals surface area contributed by atoms with Crippen molar-refractivity contribution < 1.29 is 9.53 Å². The van der Waals surface area contributed by atoms with E-state index in [0.717, 1.165) is 43.1 Å². The van der Waals surface area contributed by atoms with E-state index in [4.69, 9.17) is 17.0 Å². The van der Waals surface area contributed by atoms with Crippen LogP contribution >= 0.6 is 12.2 Å². The quantitative estimate of drug-likeness (QED) is 0.826. The Labute approximate surface area is 159 Å². The summed E-state index contributed by atoms with van der Waals surface area (Å²) in [6, 6.07) is 5.90. The van der Waals surface area contributed by atoms with E-state index in [1.807, 2.05) is 30.0 Å². The van der Waals surface area contributed by atoms with Gasteiger partial charge in [-0.25, -0.2) is 0 Å². The largest absolute Gasteiger partial charge is 0.496 e. The van der Waals surface area contributed by atoms with E-state index in [1.54, 1.807) is 7.11 Å². The molecule has 0 spiro atoms. The molecule has 1 aliphatic heterocycles. The fourth-order valence-corrected chi connectivity index (χ4v) is 3.93. The van der Waals surface area contributed by atoms with Gasteiger partial charge in [0.15, 0.2) is 4.77 Å². The molecule has 0 atom stereocenters. The van der Waals surface area contributed by atoms with Gasteiger partial charge in [0, 0.05) is 30.6 Å². The number of ether oxygens (including phenoxy) is 1. The third-order valence-electron chi connectivity index (χ3n) is 5.05. The van der Waals surface area contributed by atoms with Crippen molar-refractivity contribution in [2.24, 2.45) is 0 Å². The summed E-state index contributed by atoms with van der Waals surface area (Å²) in [6.07, 6.45) is 1.78. The van der Waals surface area contributed by atoms with Crippen molar-refractivity contribution in [1.82, 2.24) is 19.7 Å². The highest BCUT2D eigenvalue weighted by molar-refractivity contribution is 7.71. The Balaban J connectivity index is 1.71. The van der Waals surface area contributed by atoms with Crippen molar-refractivity contribution >= 4 is 18.1 Å². The average Bonchev–Trinajstić information content (AvgIpc) is 3.03. The molecule has 140 valence electrons. The molecule has 2 heterocycles. The second-order valence-corrected chi connectivity index (χ2v) is 7.49. The van der Waals surface area contributed by atoms with Crippen molar-refractivity contribution in [2.45, 2.75) is 45.6 Å². The smallest absolute Gasteiger partial charge is 0.253 e. The van der Waals surface area contributed by atoms with Crippen molar-refractivity contribution in [2.75, 3.05) is 20.2 Å². The maximum Gasteiger partial charge on any atom is 0.253 e. The number of piperidine rings is 1. The summed E-state index contributed by atoms with van der Waals surface area (Å²) in [5.74, 6) is 2.14. The summed E-state index contributed by atoms with van der Waals surface area (Å²) in [5, 5.41) is 7.36. The second-order valence-electron chi connectivity index (χ2n) is 7.10. The fourth-order valence-electron chi connectivity index (χ4n) is 3.58. The third-order valence-corrected chi connectivity index (χ3v) is 5.34. The third kappa shape index (κ3) is 3.53. The molecular formula is C19H26N4O2S. The highest BCUT2D eigenvalue weighted by atomic mass is 32.1. The number of amides is 1. The first-order valence-corrected chi connectivity index (χ1v) is 9.44. The Kier molecular flexibility index (Phi) is 5.46. The molecule has 0 bridgehead atoms. The standard InChI is InChI=1S/C19H26N4O2S/c1-12(2)23-17(20-21-19(23)26)14-7-9-22(10-8-14)18(24)15-6-5-13(3)16(11-15)25-4/h5-6,11-12,14H,7-10H2,1-4H3,(H,21,26). The van der Waals surface area contributed by atoms with Gasteiger partial charge in [-0.1, -0.05) is 6.07 Å². The number of rotatable bonds is 4. The Morgan fingerprint density at radius 1 is 1.35 bits per heavy atom. The van der Waals surface area contributed by atoms with E-state index in [2.05, 4.69) is 28.6 Å². The number of carbonyl (C=O) groups excluding carboxylic acids is 1.